The van der Waals surface area contributed by atoms with Crippen LogP contribution in [0, 0.1) is 0 Å². The Morgan fingerprint density at radius 3 is 3.03 bits per heavy atom. The van der Waals surface area contributed by atoms with Gasteiger partial charge in [0.1, 0.15) is 11.9 Å². The molecule has 1 aliphatic heterocycles. The first-order valence-electron chi connectivity index (χ1n) is 11.2. The van der Waals surface area contributed by atoms with Crippen molar-refractivity contribution in [2.24, 2.45) is 0 Å². The number of para-hydroxylation sites is 1. The highest BCUT2D eigenvalue weighted by Crippen LogP contribution is 2.36. The third kappa shape index (κ3) is 3.32. The predicted octanol–water partition coefficient (Wildman–Crippen LogP) is 4.16. The molecule has 2 atom stereocenters. The number of hydrogen-bond acceptors (Lipinski definition) is 4. The van der Waals surface area contributed by atoms with Crippen LogP contribution < -0.4 is 10.1 Å². The van der Waals surface area contributed by atoms with Crippen LogP contribution in [-0.2, 0) is 17.6 Å². The van der Waals surface area contributed by atoms with Gasteiger partial charge in [0.05, 0.1) is 24.4 Å². The molecule has 0 fully saturated rings. The van der Waals surface area contributed by atoms with Gasteiger partial charge < -0.3 is 15.0 Å². The Labute approximate surface area is 186 Å². The maximum absolute atomic E-state index is 13.1. The number of amides is 1. The summed E-state index contributed by atoms with van der Waals surface area (Å²) in [5.41, 5.74) is 6.51. The van der Waals surface area contributed by atoms with Gasteiger partial charge in [0.25, 0.3) is 0 Å². The standard InChI is InChI=1S/C26H24N4O2/c31-26(21-6-3-5-20-19-4-1-2-7-22(19)30-25(20)21)29-14-18-13-17-12-16(8-9-24(17)32-18)23-15-27-10-11-28-23/h1-2,4,7-12,15,18,21,30H,3,5-6,13-14H2,(H,29,31). The molecule has 4 aromatic rings. The lowest BCUT2D eigenvalue weighted by molar-refractivity contribution is -0.123. The van der Waals surface area contributed by atoms with E-state index >= 15 is 0 Å². The number of carbonyl (C=O) groups is 1. The molecule has 3 heterocycles. The number of benzene rings is 2. The Morgan fingerprint density at radius 1 is 1.19 bits per heavy atom. The van der Waals surface area contributed by atoms with E-state index in [1.807, 2.05) is 18.2 Å². The molecule has 0 saturated carbocycles. The van der Waals surface area contributed by atoms with Gasteiger partial charge in [-0.05, 0) is 54.7 Å². The monoisotopic (exact) mass is 424 g/mol. The van der Waals surface area contributed by atoms with E-state index in [1.165, 1.54) is 10.9 Å². The molecule has 0 radical (unpaired) electrons. The summed E-state index contributed by atoms with van der Waals surface area (Å²) in [6.07, 6.45) is 8.77. The smallest absolute Gasteiger partial charge is 0.229 e. The van der Waals surface area contributed by atoms with Crippen molar-refractivity contribution in [3.05, 3.63) is 77.9 Å². The summed E-state index contributed by atoms with van der Waals surface area (Å²) in [4.78, 5) is 25.1. The second-order valence-corrected chi connectivity index (χ2v) is 8.61. The van der Waals surface area contributed by atoms with E-state index in [-0.39, 0.29) is 17.9 Å². The number of aryl methyl sites for hydroxylation is 1. The molecule has 0 bridgehead atoms. The van der Waals surface area contributed by atoms with Gasteiger partial charge in [-0.1, -0.05) is 18.2 Å². The molecule has 6 nitrogen and oxygen atoms in total. The molecular weight excluding hydrogens is 400 g/mol. The molecule has 32 heavy (non-hydrogen) atoms. The van der Waals surface area contributed by atoms with Gasteiger partial charge in [-0.3, -0.25) is 14.8 Å². The van der Waals surface area contributed by atoms with Crippen LogP contribution in [0.2, 0.25) is 0 Å². The van der Waals surface area contributed by atoms with Crippen LogP contribution in [0.4, 0.5) is 0 Å². The molecule has 2 aromatic heterocycles. The average Bonchev–Trinajstić information content (AvgIpc) is 3.43. The lowest BCUT2D eigenvalue weighted by atomic mass is 9.86. The van der Waals surface area contributed by atoms with Crippen LogP contribution in [0.5, 0.6) is 5.75 Å². The van der Waals surface area contributed by atoms with E-state index in [0.29, 0.717) is 6.54 Å². The number of H-pyrrole nitrogens is 1. The minimum absolute atomic E-state index is 0.0585. The number of nitrogens with one attached hydrogen (secondary N) is 2. The second-order valence-electron chi connectivity index (χ2n) is 8.61. The number of carbonyl (C=O) groups excluding carboxylic acids is 1. The molecule has 6 heteroatoms. The Bertz CT molecular complexity index is 1300. The number of aromatic amines is 1. The fourth-order valence-electron chi connectivity index (χ4n) is 5.06. The largest absolute Gasteiger partial charge is 0.488 e. The predicted molar refractivity (Wildman–Crippen MR) is 123 cm³/mol. The number of rotatable bonds is 4. The van der Waals surface area contributed by atoms with Crippen LogP contribution in [0.15, 0.2) is 61.1 Å². The Balaban J connectivity index is 1.14. The highest BCUT2D eigenvalue weighted by molar-refractivity contribution is 5.90. The van der Waals surface area contributed by atoms with Crippen LogP contribution in [-0.4, -0.2) is 33.5 Å². The van der Waals surface area contributed by atoms with Crippen LogP contribution >= 0.6 is 0 Å². The Kier molecular flexibility index (Phi) is 4.63. The molecule has 1 amide bonds. The zero-order chi connectivity index (χ0) is 21.5. The van der Waals surface area contributed by atoms with Gasteiger partial charge in [-0.25, -0.2) is 0 Å². The second kappa shape index (κ2) is 7.79. The minimum atomic E-state index is -0.127. The van der Waals surface area contributed by atoms with Crippen molar-refractivity contribution in [1.29, 1.82) is 0 Å². The normalized spacial score (nSPS) is 19.2. The molecule has 2 aromatic carbocycles. The first kappa shape index (κ1) is 19.0. The van der Waals surface area contributed by atoms with E-state index in [4.69, 9.17) is 4.74 Å². The maximum atomic E-state index is 13.1. The van der Waals surface area contributed by atoms with Gasteiger partial charge in [-0.2, -0.15) is 0 Å². The number of fused-ring (bicyclic) bond motifs is 4. The fraction of sp³-hybridized carbons (Fsp3) is 0.269. The van der Waals surface area contributed by atoms with E-state index < -0.39 is 0 Å². The zero-order valence-corrected chi connectivity index (χ0v) is 17.7. The van der Waals surface area contributed by atoms with Crippen molar-refractivity contribution in [3.8, 4) is 17.0 Å². The molecule has 2 aliphatic rings. The van der Waals surface area contributed by atoms with Crippen molar-refractivity contribution < 1.29 is 9.53 Å². The topological polar surface area (TPSA) is 79.9 Å². The first-order chi connectivity index (χ1) is 15.8. The quantitative estimate of drug-likeness (QED) is 0.515. The highest BCUT2D eigenvalue weighted by atomic mass is 16.5. The highest BCUT2D eigenvalue weighted by Gasteiger charge is 2.31. The fourth-order valence-corrected chi connectivity index (χ4v) is 5.06. The Hall–Kier alpha value is -3.67. The lowest BCUT2D eigenvalue weighted by Gasteiger charge is -2.23. The SMILES string of the molecule is O=C(NCC1Cc2cc(-c3cnccn3)ccc2O1)C1CCCc2c1[nH]c1ccccc21. The van der Waals surface area contributed by atoms with E-state index in [9.17, 15) is 4.79 Å². The van der Waals surface area contributed by atoms with Crippen molar-refractivity contribution in [1.82, 2.24) is 20.3 Å². The third-order valence-corrected chi connectivity index (χ3v) is 6.60. The van der Waals surface area contributed by atoms with Gasteiger partial charge >= 0.3 is 0 Å². The summed E-state index contributed by atoms with van der Waals surface area (Å²) < 4.78 is 6.09. The lowest BCUT2D eigenvalue weighted by Crippen LogP contribution is -2.38. The number of hydrogen-bond donors (Lipinski definition) is 2. The van der Waals surface area contributed by atoms with Gasteiger partial charge in [0.15, 0.2) is 0 Å². The molecule has 160 valence electrons. The third-order valence-electron chi connectivity index (χ3n) is 6.60. The summed E-state index contributed by atoms with van der Waals surface area (Å²) in [7, 11) is 0. The van der Waals surface area contributed by atoms with Gasteiger partial charge in [0.2, 0.25) is 5.91 Å². The molecule has 2 N–H and O–H groups in total. The number of aromatic nitrogens is 3. The summed E-state index contributed by atoms with van der Waals surface area (Å²) in [5.74, 6) is 0.836. The number of ether oxygens (including phenoxy) is 1. The Morgan fingerprint density at radius 2 is 2.12 bits per heavy atom. The minimum Gasteiger partial charge on any atom is -0.488 e. The first-order valence-corrected chi connectivity index (χ1v) is 11.2. The number of nitrogens with zero attached hydrogens (tertiary/aromatic N) is 2. The van der Waals surface area contributed by atoms with Crippen LogP contribution in [0.1, 0.15) is 35.6 Å². The average molecular weight is 425 g/mol. The summed E-state index contributed by atoms with van der Waals surface area (Å²) >= 11 is 0. The van der Waals surface area contributed by atoms with E-state index in [1.54, 1.807) is 18.6 Å². The van der Waals surface area contributed by atoms with Crippen LogP contribution in [0.3, 0.4) is 0 Å². The molecule has 6 rings (SSSR count). The van der Waals surface area contributed by atoms with E-state index in [2.05, 4.69) is 44.5 Å². The van der Waals surface area contributed by atoms with Crippen molar-refractivity contribution in [2.75, 3.05) is 6.54 Å². The summed E-state index contributed by atoms with van der Waals surface area (Å²) in [6, 6.07) is 14.4. The molecular formula is C26H24N4O2. The van der Waals surface area contributed by atoms with E-state index in [0.717, 1.165) is 59.5 Å². The molecule has 0 spiro atoms. The van der Waals surface area contributed by atoms with Gasteiger partial charge in [-0.15, -0.1) is 0 Å². The van der Waals surface area contributed by atoms with Crippen molar-refractivity contribution in [3.63, 3.8) is 0 Å². The van der Waals surface area contributed by atoms with Crippen molar-refractivity contribution in [2.45, 2.75) is 37.7 Å². The summed E-state index contributed by atoms with van der Waals surface area (Å²) in [5, 5.41) is 4.40. The molecule has 2 unspecified atom stereocenters. The van der Waals surface area contributed by atoms with Gasteiger partial charge in [0, 0.05) is 41.0 Å². The molecule has 0 saturated heterocycles. The van der Waals surface area contributed by atoms with Crippen molar-refractivity contribution >= 4 is 16.8 Å². The maximum Gasteiger partial charge on any atom is 0.229 e. The molecule has 1 aliphatic carbocycles. The zero-order valence-electron chi connectivity index (χ0n) is 17.7. The van der Waals surface area contributed by atoms with Crippen LogP contribution in [0.25, 0.3) is 22.2 Å². The summed E-state index contributed by atoms with van der Waals surface area (Å²) in [6.45, 7) is 0.500.